The molecule has 0 bridgehead atoms. The molecule has 1 rings (SSSR count). The lowest BCUT2D eigenvalue weighted by atomic mass is 10.1. The highest BCUT2D eigenvalue weighted by Gasteiger charge is 2.21. The van der Waals surface area contributed by atoms with Crippen LogP contribution in [-0.2, 0) is 0 Å². The van der Waals surface area contributed by atoms with Crippen molar-refractivity contribution in [2.24, 2.45) is 0 Å². The van der Waals surface area contributed by atoms with E-state index in [1.165, 1.54) is 6.07 Å². The molecule has 0 saturated heterocycles. The molecule has 0 fully saturated rings. The van der Waals surface area contributed by atoms with E-state index in [0.717, 1.165) is 12.1 Å². The molecule has 110 valence electrons. The predicted octanol–water partition coefficient (Wildman–Crippen LogP) is 1.05. The number of hydrogen-bond acceptors (Lipinski definition) is 7. The topological polar surface area (TPSA) is 139 Å². The highest BCUT2D eigenvalue weighted by molar-refractivity contribution is 5.65. The molecular weight excluding hydrogens is 270 g/mol. The first-order valence-corrected chi connectivity index (χ1v) is 5.90. The second kappa shape index (κ2) is 7.36. The number of rotatable bonds is 8. The van der Waals surface area contributed by atoms with Crippen LogP contribution in [0.3, 0.4) is 0 Å². The summed E-state index contributed by atoms with van der Waals surface area (Å²) in [4.78, 5) is 20.1. The number of anilines is 1. The molecule has 3 N–H and O–H groups in total. The van der Waals surface area contributed by atoms with Crippen LogP contribution in [-0.4, -0.2) is 39.3 Å². The maximum atomic E-state index is 10.9. The van der Waals surface area contributed by atoms with Crippen LogP contribution in [0.4, 0.5) is 17.1 Å². The third kappa shape index (κ3) is 4.14. The first-order valence-electron chi connectivity index (χ1n) is 5.90. The molecule has 0 radical (unpaired) electrons. The molecule has 20 heavy (non-hydrogen) atoms. The van der Waals surface area contributed by atoms with Crippen LogP contribution in [0.15, 0.2) is 18.2 Å². The normalized spacial score (nSPS) is 10.6. The molecule has 0 aliphatic carbocycles. The highest BCUT2D eigenvalue weighted by atomic mass is 16.6. The third-order valence-electron chi connectivity index (χ3n) is 2.70. The summed E-state index contributed by atoms with van der Waals surface area (Å²) in [6.45, 7) is -0.281. The Bertz CT molecular complexity index is 487. The second-order valence-electron chi connectivity index (χ2n) is 4.08. The summed E-state index contributed by atoms with van der Waals surface area (Å²) in [7, 11) is 0. The number of non-ortho nitro benzene ring substituents is 1. The van der Waals surface area contributed by atoms with Crippen molar-refractivity contribution >= 4 is 17.1 Å². The monoisotopic (exact) mass is 285 g/mol. The molecule has 0 atom stereocenters. The highest BCUT2D eigenvalue weighted by Crippen LogP contribution is 2.29. The first-order chi connectivity index (χ1) is 9.49. The van der Waals surface area contributed by atoms with E-state index in [-0.39, 0.29) is 30.6 Å². The maximum Gasteiger partial charge on any atom is 0.299 e. The number of benzene rings is 1. The number of nitrogens with zero attached hydrogens (tertiary/aromatic N) is 2. The van der Waals surface area contributed by atoms with Gasteiger partial charge in [0.15, 0.2) is 0 Å². The van der Waals surface area contributed by atoms with E-state index in [2.05, 4.69) is 5.32 Å². The van der Waals surface area contributed by atoms with E-state index in [1.807, 2.05) is 0 Å². The summed E-state index contributed by atoms with van der Waals surface area (Å²) in [5, 5.41) is 42.1. The number of nitro groups is 2. The largest absolute Gasteiger partial charge is 0.396 e. The van der Waals surface area contributed by atoms with Crippen molar-refractivity contribution < 1.29 is 20.1 Å². The zero-order valence-corrected chi connectivity index (χ0v) is 10.6. The zero-order valence-electron chi connectivity index (χ0n) is 10.6. The van der Waals surface area contributed by atoms with Crippen LogP contribution < -0.4 is 5.32 Å². The van der Waals surface area contributed by atoms with Crippen molar-refractivity contribution in [2.75, 3.05) is 18.5 Å². The summed E-state index contributed by atoms with van der Waals surface area (Å²) in [5.74, 6) is 0. The average Bonchev–Trinajstić information content (AvgIpc) is 2.39. The van der Waals surface area contributed by atoms with E-state index in [0.29, 0.717) is 12.8 Å². The van der Waals surface area contributed by atoms with Gasteiger partial charge >= 0.3 is 0 Å². The third-order valence-corrected chi connectivity index (χ3v) is 2.70. The lowest BCUT2D eigenvalue weighted by Gasteiger charge is -2.17. The van der Waals surface area contributed by atoms with Gasteiger partial charge in [0.1, 0.15) is 5.69 Å². The van der Waals surface area contributed by atoms with Gasteiger partial charge in [0.25, 0.3) is 11.4 Å². The summed E-state index contributed by atoms with van der Waals surface area (Å²) < 4.78 is 0. The Hall–Kier alpha value is -2.26. The van der Waals surface area contributed by atoms with Gasteiger partial charge in [-0.3, -0.25) is 20.2 Å². The zero-order chi connectivity index (χ0) is 15.1. The summed E-state index contributed by atoms with van der Waals surface area (Å²) in [6, 6.07) is 2.92. The lowest BCUT2D eigenvalue weighted by Crippen LogP contribution is -2.22. The molecular formula is C11H15N3O6. The summed E-state index contributed by atoms with van der Waals surface area (Å²) in [5.41, 5.74) is -0.671. The molecule has 1 aromatic carbocycles. The van der Waals surface area contributed by atoms with E-state index >= 15 is 0 Å². The minimum absolute atomic E-state index is 0.118. The fraction of sp³-hybridized carbons (Fsp3) is 0.455. The molecule has 0 aliphatic rings. The number of aliphatic hydroxyl groups is 2. The van der Waals surface area contributed by atoms with Crippen LogP contribution >= 0.6 is 0 Å². The SMILES string of the molecule is O=[N+]([O-])c1ccc(NC(CCO)CCO)c([N+](=O)[O-])c1. The number of hydrogen-bond donors (Lipinski definition) is 3. The van der Waals surface area contributed by atoms with Crippen LogP contribution in [0.1, 0.15) is 12.8 Å². The van der Waals surface area contributed by atoms with E-state index < -0.39 is 15.5 Å². The molecule has 0 amide bonds. The van der Waals surface area contributed by atoms with Gasteiger partial charge in [0, 0.05) is 25.3 Å². The summed E-state index contributed by atoms with van der Waals surface area (Å²) >= 11 is 0. The molecule has 0 spiro atoms. The Labute approximate surface area is 114 Å². The Morgan fingerprint density at radius 1 is 1.10 bits per heavy atom. The van der Waals surface area contributed by atoms with Crippen LogP contribution in [0.25, 0.3) is 0 Å². The molecule has 9 nitrogen and oxygen atoms in total. The number of nitro benzene ring substituents is 2. The molecule has 0 heterocycles. The molecule has 0 saturated carbocycles. The number of aliphatic hydroxyl groups excluding tert-OH is 2. The fourth-order valence-electron chi connectivity index (χ4n) is 1.73. The van der Waals surface area contributed by atoms with Crippen molar-refractivity contribution in [2.45, 2.75) is 18.9 Å². The molecule has 1 aromatic rings. The average molecular weight is 285 g/mol. The van der Waals surface area contributed by atoms with Gasteiger partial charge in [-0.15, -0.1) is 0 Å². The van der Waals surface area contributed by atoms with Crippen molar-refractivity contribution in [1.29, 1.82) is 0 Å². The first kappa shape index (κ1) is 15.8. The molecule has 0 aromatic heterocycles. The standard InChI is InChI=1S/C11H15N3O6/c15-5-3-8(4-6-16)12-10-2-1-9(13(17)18)7-11(10)14(19)20/h1-2,7-8,12,15-16H,3-6H2. The van der Waals surface area contributed by atoms with Gasteiger partial charge in [-0.1, -0.05) is 0 Å². The van der Waals surface area contributed by atoms with Crippen LogP contribution in [0.5, 0.6) is 0 Å². The van der Waals surface area contributed by atoms with Gasteiger partial charge in [0.2, 0.25) is 0 Å². The van der Waals surface area contributed by atoms with Crippen molar-refractivity contribution in [3.8, 4) is 0 Å². The van der Waals surface area contributed by atoms with Crippen LogP contribution in [0, 0.1) is 20.2 Å². The van der Waals surface area contributed by atoms with E-state index in [4.69, 9.17) is 10.2 Å². The van der Waals surface area contributed by atoms with Gasteiger partial charge in [-0.25, -0.2) is 0 Å². The van der Waals surface area contributed by atoms with Crippen molar-refractivity contribution in [3.05, 3.63) is 38.4 Å². The van der Waals surface area contributed by atoms with Gasteiger partial charge in [-0.05, 0) is 18.9 Å². The van der Waals surface area contributed by atoms with Crippen molar-refractivity contribution in [3.63, 3.8) is 0 Å². The van der Waals surface area contributed by atoms with Crippen LogP contribution in [0.2, 0.25) is 0 Å². The smallest absolute Gasteiger partial charge is 0.299 e. The minimum Gasteiger partial charge on any atom is -0.396 e. The van der Waals surface area contributed by atoms with E-state index in [9.17, 15) is 20.2 Å². The second-order valence-corrected chi connectivity index (χ2v) is 4.08. The molecule has 0 unspecified atom stereocenters. The Balaban J connectivity index is 3.03. The fourth-order valence-corrected chi connectivity index (χ4v) is 1.73. The number of nitrogens with one attached hydrogen (secondary N) is 1. The minimum atomic E-state index is -0.718. The maximum absolute atomic E-state index is 10.9. The Kier molecular flexibility index (Phi) is 5.81. The Morgan fingerprint density at radius 3 is 2.15 bits per heavy atom. The predicted molar refractivity (Wildman–Crippen MR) is 70.6 cm³/mol. The molecule has 9 heteroatoms. The van der Waals surface area contributed by atoms with Gasteiger partial charge < -0.3 is 15.5 Å². The van der Waals surface area contributed by atoms with Gasteiger partial charge in [-0.2, -0.15) is 0 Å². The quantitative estimate of drug-likeness (QED) is 0.479. The summed E-state index contributed by atoms with van der Waals surface area (Å²) in [6.07, 6.45) is 0.601. The molecule has 0 aliphatic heterocycles. The van der Waals surface area contributed by atoms with Gasteiger partial charge in [0.05, 0.1) is 15.9 Å². The van der Waals surface area contributed by atoms with Crippen molar-refractivity contribution in [1.82, 2.24) is 0 Å². The van der Waals surface area contributed by atoms with E-state index in [1.54, 1.807) is 0 Å². The lowest BCUT2D eigenvalue weighted by molar-refractivity contribution is -0.393. The Morgan fingerprint density at radius 2 is 1.70 bits per heavy atom.